The van der Waals surface area contributed by atoms with Gasteiger partial charge in [0.15, 0.2) is 0 Å². The maximum atomic E-state index is 13.1. The normalized spacial score (nSPS) is 22.8. The largest absolute Gasteiger partial charge is 0.388 e. The molecule has 3 fully saturated rings. The fourth-order valence-electron chi connectivity index (χ4n) is 7.15. The quantitative estimate of drug-likeness (QED) is 0.0954. The van der Waals surface area contributed by atoms with E-state index in [1.54, 1.807) is 24.4 Å². The van der Waals surface area contributed by atoms with Gasteiger partial charge in [0.1, 0.15) is 6.04 Å². The topological polar surface area (TPSA) is 181 Å². The van der Waals surface area contributed by atoms with Crippen LogP contribution in [0.5, 0.6) is 0 Å². The van der Waals surface area contributed by atoms with Crippen molar-refractivity contribution in [1.29, 1.82) is 5.41 Å². The standard InChI is InChI=1S/C36H41N9O4/c37-18-22(31-20-41-29-6-4-25(17-30(29)43-31)42-23-9-12-38-13-10-23)19-40-26-14-21(15-26)2-1-11-39-24-3-5-27-28(16-24)36(49)45(35(27)48)32-7-8-33(46)44-34(32)47/h3-6,16-21,23,26,32,37-40,42H,1-2,7-15H2,(H,44,46,47)/b22-19+,37-18?. The van der Waals surface area contributed by atoms with Crippen molar-refractivity contribution < 1.29 is 19.2 Å². The number of imide groups is 2. The number of nitrogens with one attached hydrogen (secondary N) is 6. The molecular weight excluding hydrogens is 622 g/mol. The number of aromatic nitrogens is 2. The van der Waals surface area contributed by atoms with Crippen LogP contribution in [0.4, 0.5) is 11.4 Å². The lowest BCUT2D eigenvalue weighted by Crippen LogP contribution is -2.54. The monoisotopic (exact) mass is 663 g/mol. The van der Waals surface area contributed by atoms with Gasteiger partial charge in [-0.3, -0.25) is 34.4 Å². The summed E-state index contributed by atoms with van der Waals surface area (Å²) in [6.45, 7) is 2.77. The molecule has 13 heteroatoms. The molecule has 7 rings (SSSR count). The lowest BCUT2D eigenvalue weighted by atomic mass is 9.77. The van der Waals surface area contributed by atoms with E-state index in [2.05, 4.69) is 37.6 Å². The minimum Gasteiger partial charge on any atom is -0.388 e. The molecule has 1 aromatic heterocycles. The number of rotatable bonds is 12. The molecular formula is C36H41N9O4. The molecule has 2 saturated heterocycles. The number of carbonyl (C=O) groups excluding carboxylic acids is 4. The first-order chi connectivity index (χ1) is 23.9. The van der Waals surface area contributed by atoms with Crippen LogP contribution < -0.4 is 26.6 Å². The van der Waals surface area contributed by atoms with Crippen molar-refractivity contribution in [2.24, 2.45) is 5.92 Å². The molecule has 13 nitrogen and oxygen atoms in total. The van der Waals surface area contributed by atoms with Gasteiger partial charge in [0.25, 0.3) is 11.8 Å². The van der Waals surface area contributed by atoms with Crippen LogP contribution >= 0.6 is 0 Å². The fourth-order valence-corrected chi connectivity index (χ4v) is 7.15. The van der Waals surface area contributed by atoms with E-state index in [9.17, 15) is 19.2 Å². The Morgan fingerprint density at radius 1 is 0.939 bits per heavy atom. The van der Waals surface area contributed by atoms with Crippen molar-refractivity contribution in [1.82, 2.24) is 30.8 Å². The fraction of sp³-hybridized carbons (Fsp3) is 0.417. The zero-order valence-corrected chi connectivity index (χ0v) is 27.3. The third-order valence-electron chi connectivity index (χ3n) is 9.97. The Balaban J connectivity index is 0.861. The summed E-state index contributed by atoms with van der Waals surface area (Å²) < 4.78 is 0. The van der Waals surface area contributed by atoms with Crippen LogP contribution in [0.1, 0.15) is 77.8 Å². The predicted molar refractivity (Wildman–Crippen MR) is 186 cm³/mol. The first kappa shape index (κ1) is 32.4. The van der Waals surface area contributed by atoms with Gasteiger partial charge in [-0.1, -0.05) is 0 Å². The summed E-state index contributed by atoms with van der Waals surface area (Å²) in [7, 11) is 0. The van der Waals surface area contributed by atoms with Gasteiger partial charge < -0.3 is 26.7 Å². The average Bonchev–Trinajstić information content (AvgIpc) is 3.33. The molecule has 4 aliphatic rings. The van der Waals surface area contributed by atoms with Crippen molar-refractivity contribution in [2.45, 2.75) is 69.5 Å². The van der Waals surface area contributed by atoms with E-state index in [0.29, 0.717) is 29.3 Å². The van der Waals surface area contributed by atoms with E-state index < -0.39 is 29.7 Å². The SMILES string of the molecule is N=C/C(=C\NC1CC(CCCNc2ccc3c(c2)C(=O)N(C2CCC(=O)NC2=O)C3=O)C1)c1cnc2ccc(NC3CCNCC3)cc2n1. The highest BCUT2D eigenvalue weighted by molar-refractivity contribution is 6.23. The second-order valence-corrected chi connectivity index (χ2v) is 13.3. The summed E-state index contributed by atoms with van der Waals surface area (Å²) in [5.41, 5.74) is 5.31. The number of nitrogens with zero attached hydrogens (tertiary/aromatic N) is 3. The molecule has 3 aliphatic heterocycles. The van der Waals surface area contributed by atoms with Crippen molar-refractivity contribution in [3.63, 3.8) is 0 Å². The number of piperidine rings is 2. The number of amides is 4. The number of hydrogen-bond donors (Lipinski definition) is 6. The Morgan fingerprint density at radius 3 is 2.53 bits per heavy atom. The molecule has 1 atom stereocenters. The van der Waals surface area contributed by atoms with Crippen molar-refractivity contribution in [2.75, 3.05) is 30.3 Å². The average molecular weight is 664 g/mol. The second-order valence-electron chi connectivity index (χ2n) is 13.3. The molecule has 6 N–H and O–H groups in total. The summed E-state index contributed by atoms with van der Waals surface area (Å²) in [6, 6.07) is 11.0. The first-order valence-corrected chi connectivity index (χ1v) is 17.2. The third-order valence-corrected chi connectivity index (χ3v) is 9.97. The van der Waals surface area contributed by atoms with E-state index in [0.717, 1.165) is 85.5 Å². The van der Waals surface area contributed by atoms with Gasteiger partial charge in [0.2, 0.25) is 11.8 Å². The summed E-state index contributed by atoms with van der Waals surface area (Å²) in [4.78, 5) is 60.2. The van der Waals surface area contributed by atoms with Crippen LogP contribution in [0.25, 0.3) is 16.6 Å². The summed E-state index contributed by atoms with van der Waals surface area (Å²) >= 11 is 0. The number of allylic oxidation sites excluding steroid dienone is 1. The van der Waals surface area contributed by atoms with E-state index in [1.807, 2.05) is 18.3 Å². The predicted octanol–water partition coefficient (Wildman–Crippen LogP) is 3.45. The zero-order chi connectivity index (χ0) is 33.9. The molecule has 3 aromatic rings. The molecule has 0 bridgehead atoms. The maximum Gasteiger partial charge on any atom is 0.262 e. The summed E-state index contributed by atoms with van der Waals surface area (Å²) in [6.07, 6.45) is 11.4. The number of benzene rings is 2. The lowest BCUT2D eigenvalue weighted by molar-refractivity contribution is -0.136. The Kier molecular flexibility index (Phi) is 9.34. The van der Waals surface area contributed by atoms with Crippen LogP contribution in [0.3, 0.4) is 0 Å². The summed E-state index contributed by atoms with van der Waals surface area (Å²) in [5, 5.41) is 24.1. The molecule has 1 saturated carbocycles. The molecule has 49 heavy (non-hydrogen) atoms. The van der Waals surface area contributed by atoms with Gasteiger partial charge in [-0.15, -0.1) is 0 Å². The van der Waals surface area contributed by atoms with Crippen LogP contribution in [-0.2, 0) is 9.59 Å². The highest BCUT2D eigenvalue weighted by Gasteiger charge is 2.44. The van der Waals surface area contributed by atoms with E-state index >= 15 is 0 Å². The van der Waals surface area contributed by atoms with Crippen molar-refractivity contribution in [3.05, 3.63) is 65.6 Å². The van der Waals surface area contributed by atoms with E-state index in [-0.39, 0.29) is 24.0 Å². The maximum absolute atomic E-state index is 13.1. The molecule has 4 heterocycles. The van der Waals surface area contributed by atoms with Gasteiger partial charge in [-0.05, 0) is 100 Å². The number of hydrogen-bond acceptors (Lipinski definition) is 11. The van der Waals surface area contributed by atoms with Gasteiger partial charge in [0, 0.05) is 54.4 Å². The van der Waals surface area contributed by atoms with Gasteiger partial charge in [-0.25, -0.2) is 4.98 Å². The highest BCUT2D eigenvalue weighted by Crippen LogP contribution is 2.32. The Bertz CT molecular complexity index is 1830. The van der Waals surface area contributed by atoms with E-state index in [1.165, 1.54) is 6.21 Å². The highest BCUT2D eigenvalue weighted by atomic mass is 16.2. The Morgan fingerprint density at radius 2 is 1.73 bits per heavy atom. The number of fused-ring (bicyclic) bond motifs is 2. The van der Waals surface area contributed by atoms with Crippen LogP contribution in [0, 0.1) is 11.3 Å². The van der Waals surface area contributed by atoms with Gasteiger partial charge >= 0.3 is 0 Å². The first-order valence-electron chi connectivity index (χ1n) is 17.2. The third kappa shape index (κ3) is 7.02. The summed E-state index contributed by atoms with van der Waals surface area (Å²) in [5.74, 6) is -1.42. The molecule has 1 aliphatic carbocycles. The van der Waals surface area contributed by atoms with E-state index in [4.69, 9.17) is 10.4 Å². The Labute approximate surface area is 284 Å². The molecule has 0 radical (unpaired) electrons. The number of carbonyl (C=O) groups is 4. The molecule has 1 unspecified atom stereocenters. The molecule has 2 aromatic carbocycles. The zero-order valence-electron chi connectivity index (χ0n) is 27.3. The van der Waals surface area contributed by atoms with Crippen LogP contribution in [0.2, 0.25) is 0 Å². The minimum atomic E-state index is -0.970. The van der Waals surface area contributed by atoms with Gasteiger partial charge in [0.05, 0.1) is 34.1 Å². The minimum absolute atomic E-state index is 0.0916. The van der Waals surface area contributed by atoms with Crippen molar-refractivity contribution in [3.8, 4) is 0 Å². The number of anilines is 2. The lowest BCUT2D eigenvalue weighted by Gasteiger charge is -2.36. The molecule has 0 spiro atoms. The van der Waals surface area contributed by atoms with Crippen LogP contribution in [0.15, 0.2) is 48.8 Å². The Hall–Kier alpha value is -5.17. The molecule has 254 valence electrons. The van der Waals surface area contributed by atoms with Gasteiger partial charge in [-0.2, -0.15) is 0 Å². The second kappa shape index (κ2) is 14.1. The van der Waals surface area contributed by atoms with Crippen molar-refractivity contribution >= 4 is 57.8 Å². The van der Waals surface area contributed by atoms with Crippen LogP contribution in [-0.4, -0.2) is 82.5 Å². The molecule has 4 amide bonds. The smallest absolute Gasteiger partial charge is 0.262 e.